The van der Waals surface area contributed by atoms with Crippen LogP contribution < -0.4 is 0 Å². The molecule has 0 N–H and O–H groups in total. The maximum absolute atomic E-state index is 13.2. The topological polar surface area (TPSA) is 34.1 Å². The maximum atomic E-state index is 13.2. The van der Waals surface area contributed by atoms with Crippen LogP contribution in [0.15, 0.2) is 36.4 Å². The molecule has 0 amide bonds. The summed E-state index contributed by atoms with van der Waals surface area (Å²) >= 11 is 0. The average molecular weight is 249 g/mol. The van der Waals surface area contributed by atoms with Gasteiger partial charge in [0.25, 0.3) is 0 Å². The van der Waals surface area contributed by atoms with Gasteiger partial charge in [-0.15, -0.1) is 0 Å². The molecule has 0 fully saturated rings. The molecular formula is C10H10ClFO2S. The van der Waals surface area contributed by atoms with E-state index in [1.54, 1.807) is 18.2 Å². The summed E-state index contributed by atoms with van der Waals surface area (Å²) < 4.78 is 34.6. The Labute approximate surface area is 92.8 Å². The van der Waals surface area contributed by atoms with Crippen molar-refractivity contribution in [2.75, 3.05) is 5.75 Å². The summed E-state index contributed by atoms with van der Waals surface area (Å²) in [5.41, 5.74) is 0.790. The van der Waals surface area contributed by atoms with Gasteiger partial charge in [-0.2, -0.15) is 0 Å². The summed E-state index contributed by atoms with van der Waals surface area (Å²) in [4.78, 5) is 0. The minimum atomic E-state index is -3.61. The number of halogens is 2. The zero-order valence-electron chi connectivity index (χ0n) is 7.91. The van der Waals surface area contributed by atoms with Gasteiger partial charge in [0.1, 0.15) is 5.82 Å². The molecule has 2 nitrogen and oxygen atoms in total. The molecule has 0 spiro atoms. The summed E-state index contributed by atoms with van der Waals surface area (Å²) in [7, 11) is 1.45. The first-order valence-corrected chi connectivity index (χ1v) is 6.69. The SMILES string of the molecule is C=C(Cc1ccccc1F)CS(=O)(=O)Cl. The van der Waals surface area contributed by atoms with E-state index in [-0.39, 0.29) is 18.0 Å². The van der Waals surface area contributed by atoms with E-state index >= 15 is 0 Å². The van der Waals surface area contributed by atoms with E-state index in [9.17, 15) is 12.8 Å². The van der Waals surface area contributed by atoms with E-state index in [0.29, 0.717) is 11.1 Å². The molecule has 0 atom stereocenters. The lowest BCUT2D eigenvalue weighted by atomic mass is 10.1. The van der Waals surface area contributed by atoms with Crippen LogP contribution in [-0.4, -0.2) is 14.2 Å². The summed E-state index contributed by atoms with van der Waals surface area (Å²) in [6, 6.07) is 6.15. The largest absolute Gasteiger partial charge is 0.236 e. The molecule has 0 saturated carbocycles. The lowest BCUT2D eigenvalue weighted by Crippen LogP contribution is -2.03. The maximum Gasteiger partial charge on any atom is 0.236 e. The summed E-state index contributed by atoms with van der Waals surface area (Å²) in [5, 5.41) is 0. The minimum absolute atomic E-state index is 0.179. The second kappa shape index (κ2) is 4.77. The van der Waals surface area contributed by atoms with Gasteiger partial charge in [-0.25, -0.2) is 12.8 Å². The number of hydrogen-bond acceptors (Lipinski definition) is 2. The van der Waals surface area contributed by atoms with Gasteiger partial charge in [-0.3, -0.25) is 0 Å². The van der Waals surface area contributed by atoms with E-state index < -0.39 is 9.05 Å². The Morgan fingerprint density at radius 1 is 1.40 bits per heavy atom. The summed E-state index contributed by atoms with van der Waals surface area (Å²) in [6.45, 7) is 3.55. The van der Waals surface area contributed by atoms with Crippen LogP contribution in [0.4, 0.5) is 4.39 Å². The van der Waals surface area contributed by atoms with Crippen molar-refractivity contribution in [2.24, 2.45) is 0 Å². The molecule has 1 aromatic rings. The highest BCUT2D eigenvalue weighted by atomic mass is 35.7. The minimum Gasteiger partial charge on any atom is -0.212 e. The van der Waals surface area contributed by atoms with Crippen molar-refractivity contribution in [1.82, 2.24) is 0 Å². The third-order valence-electron chi connectivity index (χ3n) is 1.77. The van der Waals surface area contributed by atoms with Crippen LogP contribution in [0.5, 0.6) is 0 Å². The molecule has 0 aliphatic heterocycles. The molecule has 0 saturated heterocycles. The van der Waals surface area contributed by atoms with Gasteiger partial charge < -0.3 is 0 Å². The Morgan fingerprint density at radius 2 is 2.00 bits per heavy atom. The average Bonchev–Trinajstić information content (AvgIpc) is 2.05. The molecule has 0 aromatic heterocycles. The normalized spacial score (nSPS) is 11.3. The van der Waals surface area contributed by atoms with Gasteiger partial charge in [0, 0.05) is 10.7 Å². The molecule has 15 heavy (non-hydrogen) atoms. The van der Waals surface area contributed by atoms with Crippen molar-refractivity contribution < 1.29 is 12.8 Å². The van der Waals surface area contributed by atoms with Crippen molar-refractivity contribution in [3.63, 3.8) is 0 Å². The first kappa shape index (κ1) is 12.2. The first-order chi connectivity index (χ1) is 6.88. The van der Waals surface area contributed by atoms with Crippen molar-refractivity contribution >= 4 is 19.7 Å². The Kier molecular flexibility index (Phi) is 3.88. The molecule has 0 aliphatic rings. The fourth-order valence-corrected chi connectivity index (χ4v) is 2.26. The quantitative estimate of drug-likeness (QED) is 0.606. The molecule has 0 unspecified atom stereocenters. The number of rotatable bonds is 4. The zero-order chi connectivity index (χ0) is 11.5. The first-order valence-electron chi connectivity index (χ1n) is 4.21. The van der Waals surface area contributed by atoms with Gasteiger partial charge in [-0.05, 0) is 18.1 Å². The molecular weight excluding hydrogens is 239 g/mol. The standard InChI is InChI=1S/C10H10ClFO2S/c1-8(7-15(11,13)14)6-9-4-2-3-5-10(9)12/h2-5H,1,6-7H2. The van der Waals surface area contributed by atoms with Crippen LogP contribution in [0.1, 0.15) is 5.56 Å². The number of hydrogen-bond donors (Lipinski definition) is 0. The van der Waals surface area contributed by atoms with Gasteiger partial charge in [0.2, 0.25) is 9.05 Å². The van der Waals surface area contributed by atoms with Crippen molar-refractivity contribution in [3.8, 4) is 0 Å². The Bertz CT molecular complexity index is 468. The highest BCUT2D eigenvalue weighted by molar-refractivity contribution is 8.13. The van der Waals surface area contributed by atoms with E-state index in [1.807, 2.05) is 0 Å². The molecule has 0 heterocycles. The third-order valence-corrected chi connectivity index (χ3v) is 2.86. The zero-order valence-corrected chi connectivity index (χ0v) is 9.48. The van der Waals surface area contributed by atoms with Gasteiger partial charge in [0.05, 0.1) is 5.75 Å². The Morgan fingerprint density at radius 3 is 2.53 bits per heavy atom. The highest BCUT2D eigenvalue weighted by Crippen LogP contribution is 2.13. The highest BCUT2D eigenvalue weighted by Gasteiger charge is 2.10. The fraction of sp³-hybridized carbons (Fsp3) is 0.200. The van der Waals surface area contributed by atoms with E-state index in [2.05, 4.69) is 6.58 Å². The molecule has 1 rings (SSSR count). The second-order valence-corrected chi connectivity index (χ2v) is 5.98. The summed E-state index contributed by atoms with van der Waals surface area (Å²) in [6.07, 6.45) is 0.179. The van der Waals surface area contributed by atoms with Crippen LogP contribution in [-0.2, 0) is 15.5 Å². The molecule has 0 bridgehead atoms. The number of benzene rings is 1. The van der Waals surface area contributed by atoms with Crippen LogP contribution in [0.2, 0.25) is 0 Å². The predicted molar refractivity (Wildman–Crippen MR) is 58.9 cm³/mol. The molecule has 0 aliphatic carbocycles. The van der Waals surface area contributed by atoms with Gasteiger partial charge in [-0.1, -0.05) is 30.4 Å². The van der Waals surface area contributed by atoms with Crippen molar-refractivity contribution in [2.45, 2.75) is 6.42 Å². The van der Waals surface area contributed by atoms with Crippen molar-refractivity contribution in [1.29, 1.82) is 0 Å². The Hall–Kier alpha value is -0.870. The van der Waals surface area contributed by atoms with E-state index in [1.165, 1.54) is 6.07 Å². The monoisotopic (exact) mass is 248 g/mol. The smallest absolute Gasteiger partial charge is 0.212 e. The second-order valence-electron chi connectivity index (χ2n) is 3.20. The predicted octanol–water partition coefficient (Wildman–Crippen LogP) is 2.49. The van der Waals surface area contributed by atoms with Crippen LogP contribution in [0, 0.1) is 5.82 Å². The third kappa shape index (κ3) is 4.44. The lowest BCUT2D eigenvalue weighted by Gasteiger charge is -2.04. The van der Waals surface area contributed by atoms with Crippen LogP contribution in [0.3, 0.4) is 0 Å². The van der Waals surface area contributed by atoms with Gasteiger partial charge in [0.15, 0.2) is 0 Å². The molecule has 5 heteroatoms. The molecule has 1 aromatic carbocycles. The van der Waals surface area contributed by atoms with Crippen molar-refractivity contribution in [3.05, 3.63) is 47.8 Å². The lowest BCUT2D eigenvalue weighted by molar-refractivity contribution is 0.607. The molecule has 0 radical (unpaired) electrons. The Balaban J connectivity index is 2.72. The van der Waals surface area contributed by atoms with Gasteiger partial charge >= 0.3 is 0 Å². The van der Waals surface area contributed by atoms with Crippen LogP contribution in [0.25, 0.3) is 0 Å². The van der Waals surface area contributed by atoms with E-state index in [4.69, 9.17) is 10.7 Å². The van der Waals surface area contributed by atoms with E-state index in [0.717, 1.165) is 0 Å². The molecule has 82 valence electrons. The fourth-order valence-electron chi connectivity index (χ4n) is 1.21. The summed E-state index contributed by atoms with van der Waals surface area (Å²) in [5.74, 6) is -0.700. The van der Waals surface area contributed by atoms with Crippen LogP contribution >= 0.6 is 10.7 Å².